The molecule has 0 saturated carbocycles. The molecule has 1 amide bonds. The summed E-state index contributed by atoms with van der Waals surface area (Å²) in [5.74, 6) is -4.26. The molecule has 11 heteroatoms. The number of sulfonamides is 1. The quantitative estimate of drug-likeness (QED) is 0.273. The zero-order chi connectivity index (χ0) is 28.4. The number of benzene rings is 3. The number of carbonyl (C=O) groups is 1. The number of anilines is 1. The van der Waals surface area contributed by atoms with Gasteiger partial charge in [0.15, 0.2) is 0 Å². The van der Waals surface area contributed by atoms with Crippen molar-refractivity contribution >= 4 is 21.9 Å². The minimum Gasteiger partial charge on any atom is -0.493 e. The Morgan fingerprint density at radius 2 is 1.59 bits per heavy atom. The van der Waals surface area contributed by atoms with Gasteiger partial charge in [-0.2, -0.15) is 4.98 Å². The van der Waals surface area contributed by atoms with Crippen LogP contribution in [-0.4, -0.2) is 29.4 Å². The van der Waals surface area contributed by atoms with Gasteiger partial charge in [-0.3, -0.25) is 4.79 Å². The van der Waals surface area contributed by atoms with Gasteiger partial charge >= 0.3 is 0 Å². The number of carbonyl (C=O) groups excluding carboxylic acids is 1. The van der Waals surface area contributed by atoms with Crippen molar-refractivity contribution in [1.82, 2.24) is 15.3 Å². The average molecular weight is 553 g/mol. The molecule has 0 radical (unpaired) electrons. The molecule has 4 aromatic rings. The molecule has 4 rings (SSSR count). The van der Waals surface area contributed by atoms with Crippen molar-refractivity contribution in [3.05, 3.63) is 101 Å². The molecule has 202 valence electrons. The molecule has 0 aliphatic rings. The number of nitrogens with one attached hydrogen (secondary N) is 2. The number of aryl methyl sites for hydroxylation is 2. The maximum atomic E-state index is 13.4. The van der Waals surface area contributed by atoms with Crippen LogP contribution in [0.25, 0.3) is 11.3 Å². The summed E-state index contributed by atoms with van der Waals surface area (Å²) >= 11 is 0. The van der Waals surface area contributed by atoms with Crippen molar-refractivity contribution < 1.29 is 27.1 Å². The molecule has 1 heterocycles. The highest BCUT2D eigenvalue weighted by molar-refractivity contribution is 7.92. The van der Waals surface area contributed by atoms with Crippen LogP contribution in [0, 0.1) is 13.8 Å². The van der Waals surface area contributed by atoms with Crippen LogP contribution < -0.4 is 10.0 Å². The van der Waals surface area contributed by atoms with Gasteiger partial charge in [0.1, 0.15) is 0 Å². The fraction of sp³-hybridized carbons (Fsp3) is 0.179. The lowest BCUT2D eigenvalue weighted by atomic mass is 10.00. The lowest BCUT2D eigenvalue weighted by Crippen LogP contribution is -2.23. The second kappa shape index (κ2) is 10.8. The van der Waals surface area contributed by atoms with Gasteiger partial charge in [-0.1, -0.05) is 48.5 Å². The van der Waals surface area contributed by atoms with Crippen molar-refractivity contribution in [1.29, 1.82) is 0 Å². The van der Waals surface area contributed by atoms with E-state index in [0.717, 1.165) is 23.6 Å². The highest BCUT2D eigenvalue weighted by atomic mass is 32.2. The molecule has 8 nitrogen and oxygen atoms in total. The summed E-state index contributed by atoms with van der Waals surface area (Å²) in [6.07, 6.45) is 0. The average Bonchev–Trinajstić information content (AvgIpc) is 2.86. The molecule has 0 fully saturated rings. The first-order chi connectivity index (χ1) is 18.3. The first kappa shape index (κ1) is 27.6. The first-order valence-electron chi connectivity index (χ1n) is 11.9. The van der Waals surface area contributed by atoms with Crippen molar-refractivity contribution in [3.63, 3.8) is 0 Å². The van der Waals surface area contributed by atoms with Gasteiger partial charge in [-0.05, 0) is 48.7 Å². The Morgan fingerprint density at radius 3 is 2.23 bits per heavy atom. The van der Waals surface area contributed by atoms with Gasteiger partial charge in [-0.15, -0.1) is 0 Å². The highest BCUT2D eigenvalue weighted by Crippen LogP contribution is 2.29. The van der Waals surface area contributed by atoms with Crippen LogP contribution in [0.15, 0.2) is 77.7 Å². The van der Waals surface area contributed by atoms with E-state index in [2.05, 4.69) is 20.0 Å². The van der Waals surface area contributed by atoms with Gasteiger partial charge in [0.25, 0.3) is 21.9 Å². The molecule has 0 atom stereocenters. The van der Waals surface area contributed by atoms with Crippen LogP contribution in [0.4, 0.5) is 14.7 Å². The first-order valence-corrected chi connectivity index (χ1v) is 13.3. The van der Waals surface area contributed by atoms with Crippen LogP contribution in [-0.2, 0) is 22.5 Å². The molecule has 0 aliphatic heterocycles. The third-order valence-electron chi connectivity index (χ3n) is 6.00. The fourth-order valence-corrected chi connectivity index (χ4v) is 5.00. The van der Waals surface area contributed by atoms with Crippen LogP contribution >= 0.6 is 0 Å². The molecule has 3 aromatic carbocycles. The zero-order valence-corrected chi connectivity index (χ0v) is 22.2. The van der Waals surface area contributed by atoms with Crippen LogP contribution in [0.1, 0.15) is 39.5 Å². The van der Waals surface area contributed by atoms with Gasteiger partial charge < -0.3 is 10.4 Å². The SMILES string of the molecule is Cc1cccc(C)c1-c1cc(O)nc(NS(=O)(=O)c2cccc(C(=O)NCc3ccc(C(C)(F)F)cc3)c2)n1. The predicted molar refractivity (Wildman–Crippen MR) is 143 cm³/mol. The Balaban J connectivity index is 1.51. The van der Waals surface area contributed by atoms with Crippen LogP contribution in [0.3, 0.4) is 0 Å². The zero-order valence-electron chi connectivity index (χ0n) is 21.4. The normalized spacial score (nSPS) is 11.7. The van der Waals surface area contributed by atoms with E-state index in [1.165, 1.54) is 54.6 Å². The monoisotopic (exact) mass is 552 g/mol. The molecular formula is C28H26F2N4O4S. The standard InChI is InChI=1S/C28H26F2N4O4S/c1-17-6-4-7-18(2)25(17)23-15-24(35)33-27(32-23)34-39(37,38)22-9-5-8-20(14-22)26(36)31-16-19-10-12-21(13-11-19)28(3,29)30/h4-15H,16H2,1-3H3,(H,31,36)(H2,32,33,34,35). The smallest absolute Gasteiger partial charge is 0.270 e. The minimum atomic E-state index is -4.23. The molecule has 3 N–H and O–H groups in total. The van der Waals surface area contributed by atoms with Crippen molar-refractivity contribution in [2.24, 2.45) is 0 Å². The van der Waals surface area contributed by atoms with Crippen molar-refractivity contribution in [2.75, 3.05) is 4.72 Å². The summed E-state index contributed by atoms with van der Waals surface area (Å²) in [6, 6.07) is 17.9. The Bertz CT molecular complexity index is 1620. The minimum absolute atomic E-state index is 0.0574. The highest BCUT2D eigenvalue weighted by Gasteiger charge is 2.24. The van der Waals surface area contributed by atoms with Gasteiger partial charge in [0.05, 0.1) is 10.6 Å². The molecule has 39 heavy (non-hydrogen) atoms. The summed E-state index contributed by atoms with van der Waals surface area (Å²) in [7, 11) is -4.23. The summed E-state index contributed by atoms with van der Waals surface area (Å²) in [5, 5.41) is 12.8. The second-order valence-electron chi connectivity index (χ2n) is 9.10. The van der Waals surface area contributed by atoms with Crippen molar-refractivity contribution in [3.8, 4) is 17.1 Å². The third-order valence-corrected chi connectivity index (χ3v) is 7.32. The van der Waals surface area contributed by atoms with Gasteiger partial charge in [-0.25, -0.2) is 26.9 Å². The maximum Gasteiger partial charge on any atom is 0.270 e. The van der Waals surface area contributed by atoms with Gasteiger partial charge in [0.2, 0.25) is 11.8 Å². The van der Waals surface area contributed by atoms with E-state index < -0.39 is 27.7 Å². The molecular weight excluding hydrogens is 526 g/mol. The Kier molecular flexibility index (Phi) is 7.64. The molecule has 0 saturated heterocycles. The molecule has 0 bridgehead atoms. The number of hydrogen-bond donors (Lipinski definition) is 3. The number of nitrogens with zero attached hydrogens (tertiary/aromatic N) is 2. The van der Waals surface area contributed by atoms with E-state index in [-0.39, 0.29) is 28.5 Å². The largest absolute Gasteiger partial charge is 0.493 e. The number of aromatic hydroxyl groups is 1. The number of halogens is 2. The van der Waals surface area contributed by atoms with E-state index in [9.17, 15) is 27.1 Å². The number of alkyl halides is 2. The van der Waals surface area contributed by atoms with E-state index >= 15 is 0 Å². The summed E-state index contributed by atoms with van der Waals surface area (Å²) in [6.45, 7) is 4.61. The summed E-state index contributed by atoms with van der Waals surface area (Å²) in [4.78, 5) is 20.6. The molecule has 0 aliphatic carbocycles. The lowest BCUT2D eigenvalue weighted by molar-refractivity contribution is 0.0174. The number of amides is 1. The van der Waals surface area contributed by atoms with Gasteiger partial charge in [0, 0.05) is 36.2 Å². The molecule has 0 unspecified atom stereocenters. The van der Waals surface area contributed by atoms with Crippen LogP contribution in [0.5, 0.6) is 5.88 Å². The molecule has 0 spiro atoms. The Morgan fingerprint density at radius 1 is 0.949 bits per heavy atom. The van der Waals surface area contributed by atoms with Crippen LogP contribution in [0.2, 0.25) is 0 Å². The lowest BCUT2D eigenvalue weighted by Gasteiger charge is -2.13. The Labute approximate surface area is 224 Å². The number of hydrogen-bond acceptors (Lipinski definition) is 6. The third kappa shape index (κ3) is 6.55. The Hall–Kier alpha value is -4.38. The van der Waals surface area contributed by atoms with E-state index in [4.69, 9.17) is 0 Å². The topological polar surface area (TPSA) is 121 Å². The second-order valence-corrected chi connectivity index (χ2v) is 10.8. The fourth-order valence-electron chi connectivity index (χ4n) is 4.01. The van der Waals surface area contributed by atoms with E-state index in [1.807, 2.05) is 32.0 Å². The number of rotatable bonds is 8. The van der Waals surface area contributed by atoms with Crippen molar-refractivity contribution in [2.45, 2.75) is 38.1 Å². The predicted octanol–water partition coefficient (Wildman–Crippen LogP) is 5.31. The molecule has 1 aromatic heterocycles. The summed E-state index contributed by atoms with van der Waals surface area (Å²) < 4.78 is 55.3. The maximum absolute atomic E-state index is 13.4. The summed E-state index contributed by atoms with van der Waals surface area (Å²) in [5.41, 5.74) is 3.40. The van der Waals surface area contributed by atoms with E-state index in [1.54, 1.807) is 0 Å². The van der Waals surface area contributed by atoms with E-state index in [0.29, 0.717) is 11.3 Å². The number of aromatic nitrogens is 2.